The van der Waals surface area contributed by atoms with Crippen LogP contribution in [0.3, 0.4) is 0 Å². The molecule has 0 fully saturated rings. The van der Waals surface area contributed by atoms with E-state index in [1.807, 2.05) is 51.1 Å². The highest BCUT2D eigenvalue weighted by atomic mass is 19.4. The third-order valence-electron chi connectivity index (χ3n) is 9.68. The molecule has 0 spiro atoms. The van der Waals surface area contributed by atoms with E-state index in [-0.39, 0.29) is 16.5 Å². The standard InChI is InChI=1S/C41H38F6/c1-37(2,3)27-17-18-32-25(21-27)22-34-33(32)19-20-35(38(4,5)6)36(34)39(26-11-7-8-12-26,28-13-9-15-30(23-28)40(42,43)44)29-14-10-16-31(24-29)41(45,46)47/h7-21,23-24,26H,22H2,1-6H3. The smallest absolute Gasteiger partial charge is 0.166 e. The van der Waals surface area contributed by atoms with Gasteiger partial charge in [-0.2, -0.15) is 26.3 Å². The monoisotopic (exact) mass is 644 g/mol. The van der Waals surface area contributed by atoms with Crippen molar-refractivity contribution in [1.82, 2.24) is 0 Å². The fourth-order valence-corrected chi connectivity index (χ4v) is 7.43. The molecule has 0 saturated carbocycles. The normalized spacial score (nSPS) is 15.3. The lowest BCUT2D eigenvalue weighted by Gasteiger charge is -2.44. The lowest BCUT2D eigenvalue weighted by molar-refractivity contribution is -0.138. The van der Waals surface area contributed by atoms with Crippen LogP contribution in [0.5, 0.6) is 0 Å². The van der Waals surface area contributed by atoms with Gasteiger partial charge in [-0.3, -0.25) is 0 Å². The van der Waals surface area contributed by atoms with E-state index in [1.165, 1.54) is 12.1 Å². The Hall–Kier alpha value is -4.06. The Morgan fingerprint density at radius 3 is 1.53 bits per heavy atom. The summed E-state index contributed by atoms with van der Waals surface area (Å²) in [5.41, 5.74) is 3.66. The molecule has 0 nitrogen and oxygen atoms in total. The molecule has 0 N–H and O–H groups in total. The minimum absolute atomic E-state index is 0.109. The molecule has 4 aromatic rings. The van der Waals surface area contributed by atoms with Gasteiger partial charge in [-0.15, -0.1) is 0 Å². The van der Waals surface area contributed by atoms with Crippen LogP contribution >= 0.6 is 0 Å². The fraction of sp³-hybridized carbons (Fsp3) is 0.317. The van der Waals surface area contributed by atoms with Crippen LogP contribution in [0.1, 0.15) is 91.6 Å². The summed E-state index contributed by atoms with van der Waals surface area (Å²) in [6.07, 6.45) is -1.36. The molecule has 2 aliphatic carbocycles. The van der Waals surface area contributed by atoms with Crippen molar-refractivity contribution < 1.29 is 26.3 Å². The zero-order chi connectivity index (χ0) is 34.2. The minimum atomic E-state index is -4.65. The maximum Gasteiger partial charge on any atom is 0.416 e. The summed E-state index contributed by atoms with van der Waals surface area (Å²) in [4.78, 5) is 0. The quantitative estimate of drug-likeness (QED) is 0.135. The number of hydrogen-bond acceptors (Lipinski definition) is 0. The number of halogens is 6. The fourth-order valence-electron chi connectivity index (χ4n) is 7.43. The van der Waals surface area contributed by atoms with Crippen molar-refractivity contribution in [2.24, 2.45) is 5.92 Å². The van der Waals surface area contributed by atoms with E-state index < -0.39 is 40.2 Å². The number of alkyl halides is 6. The summed E-state index contributed by atoms with van der Waals surface area (Å²) < 4.78 is 86.3. The summed E-state index contributed by atoms with van der Waals surface area (Å²) in [6.45, 7) is 12.6. The van der Waals surface area contributed by atoms with Crippen molar-refractivity contribution in [1.29, 1.82) is 0 Å². The summed E-state index contributed by atoms with van der Waals surface area (Å²) in [7, 11) is 0. The molecule has 0 radical (unpaired) electrons. The molecule has 0 bridgehead atoms. The van der Waals surface area contributed by atoms with Crippen LogP contribution in [0.4, 0.5) is 26.3 Å². The first-order valence-corrected chi connectivity index (χ1v) is 15.8. The van der Waals surface area contributed by atoms with Crippen LogP contribution < -0.4 is 0 Å². The summed E-state index contributed by atoms with van der Waals surface area (Å²) in [5.74, 6) is -0.573. The van der Waals surface area contributed by atoms with Gasteiger partial charge in [0.25, 0.3) is 0 Å². The lowest BCUT2D eigenvalue weighted by Crippen LogP contribution is -2.40. The Morgan fingerprint density at radius 2 is 1.04 bits per heavy atom. The van der Waals surface area contributed by atoms with Gasteiger partial charge in [-0.1, -0.05) is 133 Å². The van der Waals surface area contributed by atoms with Crippen molar-refractivity contribution in [3.05, 3.63) is 153 Å². The second-order valence-corrected chi connectivity index (χ2v) is 14.8. The zero-order valence-electron chi connectivity index (χ0n) is 27.4. The predicted molar refractivity (Wildman–Crippen MR) is 177 cm³/mol. The van der Waals surface area contributed by atoms with Gasteiger partial charge in [0.2, 0.25) is 0 Å². The van der Waals surface area contributed by atoms with E-state index in [1.54, 1.807) is 12.1 Å². The van der Waals surface area contributed by atoms with Crippen molar-refractivity contribution >= 4 is 0 Å². The largest absolute Gasteiger partial charge is 0.416 e. The van der Waals surface area contributed by atoms with E-state index >= 15 is 0 Å². The second-order valence-electron chi connectivity index (χ2n) is 14.8. The number of fused-ring (bicyclic) bond motifs is 3. The van der Waals surface area contributed by atoms with E-state index in [9.17, 15) is 26.3 Å². The van der Waals surface area contributed by atoms with E-state index in [4.69, 9.17) is 0 Å². The minimum Gasteiger partial charge on any atom is -0.166 e. The molecule has 2 aliphatic rings. The molecular weight excluding hydrogens is 606 g/mol. The SMILES string of the molecule is CC(C)(C)c1ccc2c(c1)Cc1c-2ccc(C(C)(C)C)c1C(c1cccc(C(F)(F)F)c1)(c1cccc(C(F)(F)F)c1)C1C=CC=C1. The first kappa shape index (κ1) is 32.9. The molecule has 0 atom stereocenters. The predicted octanol–water partition coefficient (Wildman–Crippen LogP) is 12.0. The Kier molecular flexibility index (Phi) is 7.69. The van der Waals surface area contributed by atoms with Crippen molar-refractivity contribution in [3.63, 3.8) is 0 Å². The van der Waals surface area contributed by atoms with Gasteiger partial charge in [-0.25, -0.2) is 0 Å². The van der Waals surface area contributed by atoms with Gasteiger partial charge in [0, 0.05) is 5.92 Å². The van der Waals surface area contributed by atoms with E-state index in [0.717, 1.165) is 63.2 Å². The molecule has 0 saturated heterocycles. The van der Waals surface area contributed by atoms with Crippen molar-refractivity contribution in [2.75, 3.05) is 0 Å². The number of hydrogen-bond donors (Lipinski definition) is 0. The molecule has 0 unspecified atom stereocenters. The molecule has 0 aromatic heterocycles. The van der Waals surface area contributed by atoms with Gasteiger partial charge in [0.05, 0.1) is 16.5 Å². The second kappa shape index (κ2) is 11.0. The lowest BCUT2D eigenvalue weighted by atomic mass is 9.57. The zero-order valence-corrected chi connectivity index (χ0v) is 27.4. The molecular formula is C41H38F6. The number of allylic oxidation sites excluding steroid dienone is 4. The molecule has 0 aliphatic heterocycles. The van der Waals surface area contributed by atoms with Gasteiger partial charge < -0.3 is 0 Å². The number of rotatable bonds is 4. The average molecular weight is 645 g/mol. The molecule has 244 valence electrons. The van der Waals surface area contributed by atoms with Gasteiger partial charge in [-0.05, 0) is 79.5 Å². The maximum atomic E-state index is 14.4. The Labute approximate surface area is 272 Å². The van der Waals surface area contributed by atoms with Crippen LogP contribution in [0.25, 0.3) is 11.1 Å². The third-order valence-corrected chi connectivity index (χ3v) is 9.68. The Bertz CT molecular complexity index is 1830. The molecule has 0 heterocycles. The average Bonchev–Trinajstić information content (AvgIpc) is 3.65. The van der Waals surface area contributed by atoms with Crippen LogP contribution in [0, 0.1) is 5.92 Å². The highest BCUT2D eigenvalue weighted by molar-refractivity contribution is 5.81. The van der Waals surface area contributed by atoms with Gasteiger partial charge in [0.15, 0.2) is 0 Å². The van der Waals surface area contributed by atoms with Crippen LogP contribution in [0.15, 0.2) is 103 Å². The van der Waals surface area contributed by atoms with Gasteiger partial charge >= 0.3 is 12.4 Å². The van der Waals surface area contributed by atoms with Gasteiger partial charge in [0.1, 0.15) is 0 Å². The Balaban J connectivity index is 1.80. The molecule has 4 aromatic carbocycles. The topological polar surface area (TPSA) is 0 Å². The van der Waals surface area contributed by atoms with Crippen molar-refractivity contribution in [3.8, 4) is 11.1 Å². The molecule has 6 rings (SSSR count). The number of benzene rings is 4. The summed E-state index contributed by atoms with van der Waals surface area (Å²) in [5, 5.41) is 0. The summed E-state index contributed by atoms with van der Waals surface area (Å²) in [6, 6.07) is 20.8. The highest BCUT2D eigenvalue weighted by Crippen LogP contribution is 2.56. The summed E-state index contributed by atoms with van der Waals surface area (Å²) >= 11 is 0. The first-order chi connectivity index (χ1) is 21.8. The maximum absolute atomic E-state index is 14.4. The third kappa shape index (κ3) is 5.64. The molecule has 6 heteroatoms. The van der Waals surface area contributed by atoms with Crippen LogP contribution in [-0.2, 0) is 35.0 Å². The highest BCUT2D eigenvalue weighted by Gasteiger charge is 2.49. The molecule has 47 heavy (non-hydrogen) atoms. The van der Waals surface area contributed by atoms with Crippen molar-refractivity contribution in [2.45, 2.75) is 76.6 Å². The molecule has 0 amide bonds. The van der Waals surface area contributed by atoms with E-state index in [2.05, 4.69) is 45.0 Å². The van der Waals surface area contributed by atoms with Crippen LogP contribution in [0.2, 0.25) is 0 Å². The van der Waals surface area contributed by atoms with E-state index in [0.29, 0.717) is 6.42 Å². The Morgan fingerprint density at radius 1 is 0.532 bits per heavy atom. The van der Waals surface area contributed by atoms with Crippen LogP contribution in [-0.4, -0.2) is 0 Å². The first-order valence-electron chi connectivity index (χ1n) is 15.8.